The van der Waals surface area contributed by atoms with Gasteiger partial charge in [-0.15, -0.1) is 0 Å². The zero-order valence-corrected chi connectivity index (χ0v) is 10.0. The highest BCUT2D eigenvalue weighted by Crippen LogP contribution is 2.21. The Kier molecular flexibility index (Phi) is 3.91. The lowest BCUT2D eigenvalue weighted by Gasteiger charge is -2.26. The summed E-state index contributed by atoms with van der Waals surface area (Å²) in [7, 11) is 0. The maximum atomic E-state index is 13.4. The summed E-state index contributed by atoms with van der Waals surface area (Å²) in [4.78, 5) is 3.93. The van der Waals surface area contributed by atoms with Gasteiger partial charge in [0.25, 0.3) is 0 Å². The number of nitrogens with one attached hydrogen (secondary N) is 1. The number of pyridine rings is 1. The Morgan fingerprint density at radius 2 is 2.20 bits per heavy atom. The van der Waals surface area contributed by atoms with Crippen LogP contribution in [0.15, 0.2) is 12.3 Å². The van der Waals surface area contributed by atoms with Crippen LogP contribution < -0.4 is 5.32 Å². The maximum Gasteiger partial charge on any atom is 0.166 e. The van der Waals surface area contributed by atoms with E-state index in [9.17, 15) is 4.39 Å². The minimum Gasteiger partial charge on any atom is -0.363 e. The molecule has 4 heteroatoms. The predicted octanol–water partition coefficient (Wildman–Crippen LogP) is 3.86. The molecule has 0 amide bonds. The zero-order chi connectivity index (χ0) is 11.5. The molecule has 0 radical (unpaired) electrons. The summed E-state index contributed by atoms with van der Waals surface area (Å²) in [5.41, 5.74) is -0.156. The van der Waals surface area contributed by atoms with E-state index in [0.29, 0.717) is 5.02 Å². The van der Waals surface area contributed by atoms with Crippen molar-refractivity contribution in [2.45, 2.75) is 39.2 Å². The first kappa shape index (κ1) is 12.2. The molecule has 1 heterocycles. The minimum absolute atomic E-state index is 0.156. The first-order valence-corrected chi connectivity index (χ1v) is 5.41. The fourth-order valence-electron chi connectivity index (χ4n) is 1.51. The second-order valence-electron chi connectivity index (χ2n) is 4.24. The Morgan fingerprint density at radius 3 is 2.73 bits per heavy atom. The van der Waals surface area contributed by atoms with Crippen LogP contribution in [0.5, 0.6) is 0 Å². The molecule has 0 saturated heterocycles. The van der Waals surface area contributed by atoms with E-state index in [4.69, 9.17) is 11.6 Å². The lowest BCUT2D eigenvalue weighted by atomic mass is 9.99. The van der Waals surface area contributed by atoms with E-state index >= 15 is 0 Å². The third-order valence-corrected chi connectivity index (χ3v) is 2.35. The second kappa shape index (κ2) is 4.79. The van der Waals surface area contributed by atoms with Crippen LogP contribution in [0.3, 0.4) is 0 Å². The Balaban J connectivity index is 2.80. The van der Waals surface area contributed by atoms with Crippen molar-refractivity contribution in [2.75, 3.05) is 5.32 Å². The van der Waals surface area contributed by atoms with Gasteiger partial charge in [0.1, 0.15) is 0 Å². The fraction of sp³-hybridized carbons (Fsp3) is 0.545. The van der Waals surface area contributed by atoms with Gasteiger partial charge in [-0.25, -0.2) is 9.37 Å². The van der Waals surface area contributed by atoms with E-state index in [-0.39, 0.29) is 11.4 Å². The van der Waals surface area contributed by atoms with Gasteiger partial charge < -0.3 is 5.32 Å². The molecule has 0 bridgehead atoms. The summed E-state index contributed by atoms with van der Waals surface area (Å²) in [5, 5.41) is 3.38. The number of halogens is 2. The molecule has 0 aliphatic heterocycles. The topological polar surface area (TPSA) is 24.9 Å². The smallest absolute Gasteiger partial charge is 0.166 e. The van der Waals surface area contributed by atoms with Gasteiger partial charge in [0.05, 0.1) is 5.02 Å². The van der Waals surface area contributed by atoms with Crippen LogP contribution in [0.1, 0.15) is 33.6 Å². The SMILES string of the molecule is CCCC(C)(C)Nc1ncc(Cl)cc1F. The molecule has 0 unspecified atom stereocenters. The molecular formula is C11H16ClFN2. The Morgan fingerprint density at radius 1 is 1.53 bits per heavy atom. The van der Waals surface area contributed by atoms with Crippen molar-refractivity contribution in [1.29, 1.82) is 0 Å². The third kappa shape index (κ3) is 3.67. The van der Waals surface area contributed by atoms with Crippen LogP contribution in [0.2, 0.25) is 5.02 Å². The molecule has 84 valence electrons. The van der Waals surface area contributed by atoms with E-state index in [2.05, 4.69) is 17.2 Å². The third-order valence-electron chi connectivity index (χ3n) is 2.14. The highest BCUT2D eigenvalue weighted by Gasteiger charge is 2.18. The van der Waals surface area contributed by atoms with Crippen LogP contribution in [-0.2, 0) is 0 Å². The summed E-state index contributed by atoms with van der Waals surface area (Å²) < 4.78 is 13.4. The molecule has 1 rings (SSSR count). The van der Waals surface area contributed by atoms with Crippen LogP contribution in [-0.4, -0.2) is 10.5 Å². The van der Waals surface area contributed by atoms with Gasteiger partial charge in [-0.05, 0) is 26.3 Å². The number of rotatable bonds is 4. The van der Waals surface area contributed by atoms with E-state index in [1.54, 1.807) is 0 Å². The van der Waals surface area contributed by atoms with Gasteiger partial charge in [-0.2, -0.15) is 0 Å². The van der Waals surface area contributed by atoms with Gasteiger partial charge >= 0.3 is 0 Å². The van der Waals surface area contributed by atoms with E-state index < -0.39 is 5.82 Å². The first-order valence-electron chi connectivity index (χ1n) is 5.04. The van der Waals surface area contributed by atoms with Crippen molar-refractivity contribution in [3.05, 3.63) is 23.1 Å². The van der Waals surface area contributed by atoms with Crippen LogP contribution in [0.4, 0.5) is 10.2 Å². The van der Waals surface area contributed by atoms with Crippen molar-refractivity contribution in [3.63, 3.8) is 0 Å². The summed E-state index contributed by atoms with van der Waals surface area (Å²) in [6.07, 6.45) is 3.43. The lowest BCUT2D eigenvalue weighted by Crippen LogP contribution is -2.31. The summed E-state index contributed by atoms with van der Waals surface area (Å²) >= 11 is 5.62. The monoisotopic (exact) mass is 230 g/mol. The van der Waals surface area contributed by atoms with Crippen molar-refractivity contribution < 1.29 is 4.39 Å². The molecular weight excluding hydrogens is 215 g/mol. The van der Waals surface area contributed by atoms with Crippen LogP contribution in [0, 0.1) is 5.82 Å². The average Bonchev–Trinajstić information content (AvgIpc) is 2.09. The van der Waals surface area contributed by atoms with Crippen molar-refractivity contribution >= 4 is 17.4 Å². The molecule has 2 nitrogen and oxygen atoms in total. The standard InChI is InChI=1S/C11H16ClFN2/c1-4-5-11(2,3)15-10-9(13)6-8(12)7-14-10/h6-7H,4-5H2,1-3H3,(H,14,15). The molecule has 0 aliphatic carbocycles. The minimum atomic E-state index is -0.410. The highest BCUT2D eigenvalue weighted by molar-refractivity contribution is 6.30. The molecule has 1 aromatic heterocycles. The molecule has 0 fully saturated rings. The zero-order valence-electron chi connectivity index (χ0n) is 9.27. The van der Waals surface area contributed by atoms with E-state index in [1.807, 2.05) is 13.8 Å². The summed E-state index contributed by atoms with van der Waals surface area (Å²) in [5.74, 6) is -0.149. The molecule has 1 aromatic rings. The number of hydrogen-bond acceptors (Lipinski definition) is 2. The van der Waals surface area contributed by atoms with Gasteiger partial charge in [0, 0.05) is 11.7 Å². The molecule has 1 N–H and O–H groups in total. The number of aromatic nitrogens is 1. The van der Waals surface area contributed by atoms with Gasteiger partial charge in [-0.1, -0.05) is 24.9 Å². The first-order chi connectivity index (χ1) is 6.94. The Hall–Kier alpha value is -0.830. The second-order valence-corrected chi connectivity index (χ2v) is 4.68. The molecule has 0 aliphatic rings. The largest absolute Gasteiger partial charge is 0.363 e. The molecule has 0 atom stereocenters. The normalized spacial score (nSPS) is 11.5. The number of nitrogens with zero attached hydrogens (tertiary/aromatic N) is 1. The van der Waals surface area contributed by atoms with Crippen molar-refractivity contribution in [2.24, 2.45) is 0 Å². The molecule has 0 spiro atoms. The lowest BCUT2D eigenvalue weighted by molar-refractivity contribution is 0.502. The maximum absolute atomic E-state index is 13.4. The van der Waals surface area contributed by atoms with Gasteiger partial charge in [0.2, 0.25) is 0 Å². The quantitative estimate of drug-likeness (QED) is 0.850. The fourth-order valence-corrected chi connectivity index (χ4v) is 1.66. The Bertz CT molecular complexity index is 339. The predicted molar refractivity (Wildman–Crippen MR) is 61.8 cm³/mol. The van der Waals surface area contributed by atoms with Crippen molar-refractivity contribution in [3.8, 4) is 0 Å². The summed E-state index contributed by atoms with van der Waals surface area (Å²) in [6.45, 7) is 6.13. The Labute approximate surface area is 94.9 Å². The van der Waals surface area contributed by atoms with Crippen LogP contribution in [0.25, 0.3) is 0 Å². The van der Waals surface area contributed by atoms with E-state index in [0.717, 1.165) is 12.8 Å². The van der Waals surface area contributed by atoms with E-state index in [1.165, 1.54) is 12.3 Å². The number of anilines is 1. The average molecular weight is 231 g/mol. The van der Waals surface area contributed by atoms with Gasteiger partial charge in [0.15, 0.2) is 11.6 Å². The highest BCUT2D eigenvalue weighted by atomic mass is 35.5. The molecule has 0 aromatic carbocycles. The van der Waals surface area contributed by atoms with Gasteiger partial charge in [-0.3, -0.25) is 0 Å². The van der Waals surface area contributed by atoms with Crippen molar-refractivity contribution in [1.82, 2.24) is 4.98 Å². The molecule has 15 heavy (non-hydrogen) atoms. The van der Waals surface area contributed by atoms with Crippen LogP contribution >= 0.6 is 11.6 Å². The molecule has 0 saturated carbocycles. The number of hydrogen-bond donors (Lipinski definition) is 1. The summed E-state index contributed by atoms with van der Waals surface area (Å²) in [6, 6.07) is 1.26.